The second kappa shape index (κ2) is 7.04. The van der Waals surface area contributed by atoms with E-state index in [-0.39, 0.29) is 12.2 Å². The van der Waals surface area contributed by atoms with Crippen molar-refractivity contribution in [1.29, 1.82) is 0 Å². The van der Waals surface area contributed by atoms with Crippen LogP contribution in [0, 0.1) is 0 Å². The molecule has 2 rings (SSSR count). The summed E-state index contributed by atoms with van der Waals surface area (Å²) in [5.41, 5.74) is 0.889. The highest BCUT2D eigenvalue weighted by Gasteiger charge is 2.33. The fourth-order valence-electron chi connectivity index (χ4n) is 2.60. The molecule has 1 saturated heterocycles. The SMILES string of the molecule is COc1ccc(C(O)CN2CC(OC)C(OC)C2)cc1. The molecule has 0 aromatic heterocycles. The fourth-order valence-corrected chi connectivity index (χ4v) is 2.60. The Morgan fingerprint density at radius 3 is 2.10 bits per heavy atom. The predicted octanol–water partition coefficient (Wildman–Crippen LogP) is 1.07. The molecule has 0 amide bonds. The lowest BCUT2D eigenvalue weighted by molar-refractivity contribution is -0.00461. The van der Waals surface area contributed by atoms with Gasteiger partial charge in [0, 0.05) is 33.9 Å². The molecule has 5 nitrogen and oxygen atoms in total. The monoisotopic (exact) mass is 281 g/mol. The molecule has 0 bridgehead atoms. The van der Waals surface area contributed by atoms with Crippen LogP contribution < -0.4 is 4.74 Å². The van der Waals surface area contributed by atoms with Gasteiger partial charge in [-0.1, -0.05) is 12.1 Å². The molecule has 1 aromatic carbocycles. The van der Waals surface area contributed by atoms with Gasteiger partial charge in [-0.3, -0.25) is 4.90 Å². The van der Waals surface area contributed by atoms with E-state index in [4.69, 9.17) is 14.2 Å². The van der Waals surface area contributed by atoms with Crippen LogP contribution in [0.1, 0.15) is 11.7 Å². The van der Waals surface area contributed by atoms with Gasteiger partial charge < -0.3 is 19.3 Å². The molecule has 1 aliphatic heterocycles. The number of nitrogens with zero attached hydrogens (tertiary/aromatic N) is 1. The number of hydrogen-bond acceptors (Lipinski definition) is 5. The smallest absolute Gasteiger partial charge is 0.118 e. The zero-order valence-corrected chi connectivity index (χ0v) is 12.3. The van der Waals surface area contributed by atoms with E-state index in [9.17, 15) is 5.11 Å². The third-order valence-electron chi connectivity index (χ3n) is 3.83. The lowest BCUT2D eigenvalue weighted by atomic mass is 10.1. The highest BCUT2D eigenvalue weighted by Crippen LogP contribution is 2.22. The van der Waals surface area contributed by atoms with Crippen molar-refractivity contribution in [2.45, 2.75) is 18.3 Å². The van der Waals surface area contributed by atoms with Crippen molar-refractivity contribution in [2.24, 2.45) is 0 Å². The molecule has 1 N–H and O–H groups in total. The molecule has 0 saturated carbocycles. The summed E-state index contributed by atoms with van der Waals surface area (Å²) in [7, 11) is 5.02. The molecule has 1 heterocycles. The van der Waals surface area contributed by atoms with Crippen LogP contribution >= 0.6 is 0 Å². The van der Waals surface area contributed by atoms with Crippen molar-refractivity contribution in [3.63, 3.8) is 0 Å². The maximum Gasteiger partial charge on any atom is 0.118 e. The minimum Gasteiger partial charge on any atom is -0.497 e. The van der Waals surface area contributed by atoms with Crippen molar-refractivity contribution in [3.8, 4) is 5.75 Å². The Bertz CT molecular complexity index is 397. The molecule has 3 atom stereocenters. The Labute approximate surface area is 120 Å². The third-order valence-corrected chi connectivity index (χ3v) is 3.83. The van der Waals surface area contributed by atoms with Crippen molar-refractivity contribution in [2.75, 3.05) is 41.0 Å². The molecule has 112 valence electrons. The maximum atomic E-state index is 10.3. The first-order valence-electron chi connectivity index (χ1n) is 6.78. The van der Waals surface area contributed by atoms with Crippen molar-refractivity contribution in [3.05, 3.63) is 29.8 Å². The summed E-state index contributed by atoms with van der Waals surface area (Å²) in [6.07, 6.45) is -0.375. The Kier molecular flexibility index (Phi) is 5.37. The number of benzene rings is 1. The van der Waals surface area contributed by atoms with Gasteiger partial charge in [-0.05, 0) is 17.7 Å². The van der Waals surface area contributed by atoms with Crippen LogP contribution in [-0.4, -0.2) is 63.2 Å². The van der Waals surface area contributed by atoms with E-state index in [1.807, 2.05) is 24.3 Å². The van der Waals surface area contributed by atoms with Crippen LogP contribution in [-0.2, 0) is 9.47 Å². The Balaban J connectivity index is 1.92. The average Bonchev–Trinajstić information content (AvgIpc) is 2.89. The van der Waals surface area contributed by atoms with E-state index in [0.717, 1.165) is 24.4 Å². The van der Waals surface area contributed by atoms with Gasteiger partial charge in [0.1, 0.15) is 5.75 Å². The van der Waals surface area contributed by atoms with Gasteiger partial charge in [-0.2, -0.15) is 0 Å². The minimum absolute atomic E-state index is 0.0723. The van der Waals surface area contributed by atoms with Gasteiger partial charge in [0.2, 0.25) is 0 Å². The standard InChI is InChI=1S/C15H23NO4/c1-18-12-6-4-11(5-7-12)13(17)8-16-9-14(19-2)15(10-16)20-3/h4-7,13-15,17H,8-10H2,1-3H3. The van der Waals surface area contributed by atoms with Crippen molar-refractivity contribution in [1.82, 2.24) is 4.90 Å². The van der Waals surface area contributed by atoms with Crippen LogP contribution in [0.3, 0.4) is 0 Å². The van der Waals surface area contributed by atoms with Crippen LogP contribution in [0.25, 0.3) is 0 Å². The van der Waals surface area contributed by atoms with E-state index in [2.05, 4.69) is 4.90 Å². The highest BCUT2D eigenvalue weighted by atomic mass is 16.5. The van der Waals surface area contributed by atoms with Gasteiger partial charge in [-0.25, -0.2) is 0 Å². The number of methoxy groups -OCH3 is 3. The van der Waals surface area contributed by atoms with Crippen molar-refractivity contribution >= 4 is 0 Å². The summed E-state index contributed by atoms with van der Waals surface area (Å²) in [5.74, 6) is 0.793. The maximum absolute atomic E-state index is 10.3. The van der Waals surface area contributed by atoms with Crippen LogP contribution in [0.2, 0.25) is 0 Å². The van der Waals surface area contributed by atoms with Gasteiger partial charge in [0.05, 0.1) is 25.4 Å². The fraction of sp³-hybridized carbons (Fsp3) is 0.600. The minimum atomic E-state index is -0.519. The molecule has 5 heteroatoms. The third kappa shape index (κ3) is 3.49. The van der Waals surface area contributed by atoms with E-state index in [1.54, 1.807) is 21.3 Å². The molecule has 0 radical (unpaired) electrons. The summed E-state index contributed by atoms with van der Waals surface area (Å²) in [6, 6.07) is 7.50. The largest absolute Gasteiger partial charge is 0.497 e. The van der Waals surface area contributed by atoms with Crippen LogP contribution in [0.5, 0.6) is 5.75 Å². The first-order valence-corrected chi connectivity index (χ1v) is 6.78. The number of aliphatic hydroxyl groups excluding tert-OH is 1. The van der Waals surface area contributed by atoms with E-state index < -0.39 is 6.10 Å². The normalized spacial score (nSPS) is 24.8. The zero-order chi connectivity index (χ0) is 14.5. The Morgan fingerprint density at radius 1 is 1.10 bits per heavy atom. The Hall–Kier alpha value is -1.14. The highest BCUT2D eigenvalue weighted by molar-refractivity contribution is 5.28. The Morgan fingerprint density at radius 2 is 1.65 bits per heavy atom. The number of aliphatic hydroxyl groups is 1. The number of ether oxygens (including phenoxy) is 3. The molecular weight excluding hydrogens is 258 g/mol. The second-order valence-electron chi connectivity index (χ2n) is 5.06. The molecular formula is C15H23NO4. The molecule has 1 fully saturated rings. The van der Waals surface area contributed by atoms with E-state index >= 15 is 0 Å². The zero-order valence-electron chi connectivity index (χ0n) is 12.3. The van der Waals surface area contributed by atoms with Gasteiger partial charge in [0.25, 0.3) is 0 Å². The van der Waals surface area contributed by atoms with Gasteiger partial charge in [0.15, 0.2) is 0 Å². The summed E-state index contributed by atoms with van der Waals surface area (Å²) in [6.45, 7) is 2.14. The topological polar surface area (TPSA) is 51.2 Å². The molecule has 1 aromatic rings. The number of likely N-dealkylation sites (tertiary alicyclic amines) is 1. The molecule has 0 spiro atoms. The van der Waals surface area contributed by atoms with E-state index in [0.29, 0.717) is 6.54 Å². The average molecular weight is 281 g/mol. The molecule has 3 unspecified atom stereocenters. The molecule has 1 aliphatic rings. The first-order chi connectivity index (χ1) is 9.67. The van der Waals surface area contributed by atoms with Gasteiger partial charge >= 0.3 is 0 Å². The van der Waals surface area contributed by atoms with Gasteiger partial charge in [-0.15, -0.1) is 0 Å². The van der Waals surface area contributed by atoms with Crippen molar-refractivity contribution < 1.29 is 19.3 Å². The lowest BCUT2D eigenvalue weighted by Crippen LogP contribution is -2.27. The summed E-state index contributed by atoms with van der Waals surface area (Å²) >= 11 is 0. The van der Waals surface area contributed by atoms with Crippen LogP contribution in [0.15, 0.2) is 24.3 Å². The number of hydrogen-bond donors (Lipinski definition) is 1. The number of rotatable bonds is 6. The second-order valence-corrected chi connectivity index (χ2v) is 5.06. The van der Waals surface area contributed by atoms with Crippen LogP contribution in [0.4, 0.5) is 0 Å². The molecule has 0 aliphatic carbocycles. The number of β-amino-alcohol motifs (C(OH)–C–C–N with tert-alkyl or cyclic N) is 1. The quantitative estimate of drug-likeness (QED) is 0.845. The molecule has 20 heavy (non-hydrogen) atoms. The lowest BCUT2D eigenvalue weighted by Gasteiger charge is -2.20. The predicted molar refractivity (Wildman–Crippen MR) is 76.0 cm³/mol. The summed E-state index contributed by atoms with van der Waals surface area (Å²) in [5, 5.41) is 10.3. The summed E-state index contributed by atoms with van der Waals surface area (Å²) < 4.78 is 15.9. The summed E-state index contributed by atoms with van der Waals surface area (Å²) in [4.78, 5) is 2.16. The first kappa shape index (κ1) is 15.3. The van der Waals surface area contributed by atoms with E-state index in [1.165, 1.54) is 0 Å².